The second-order valence-electron chi connectivity index (χ2n) is 3.78. The van der Waals surface area contributed by atoms with Crippen molar-refractivity contribution in [1.29, 1.82) is 0 Å². The predicted octanol–water partition coefficient (Wildman–Crippen LogP) is 0.854. The van der Waals surface area contributed by atoms with Crippen molar-refractivity contribution in [1.82, 2.24) is 19.9 Å². The Bertz CT molecular complexity index is 454. The molecule has 1 atom stereocenters. The van der Waals surface area contributed by atoms with Crippen LogP contribution in [0.5, 0.6) is 0 Å². The fourth-order valence-corrected chi connectivity index (χ4v) is 1.59. The van der Waals surface area contributed by atoms with Crippen LogP contribution in [0.15, 0.2) is 24.4 Å². The molecule has 86 valence electrons. The minimum atomic E-state index is 0.307. The Morgan fingerprint density at radius 3 is 3.12 bits per heavy atom. The molecule has 16 heavy (non-hydrogen) atoms. The fourth-order valence-electron chi connectivity index (χ4n) is 1.59. The van der Waals surface area contributed by atoms with Gasteiger partial charge in [-0.2, -0.15) is 0 Å². The number of rotatable bonds is 5. The van der Waals surface area contributed by atoms with Gasteiger partial charge in [-0.3, -0.25) is 4.40 Å². The molecule has 5 heteroatoms. The summed E-state index contributed by atoms with van der Waals surface area (Å²) in [6.07, 6.45) is 1.97. The van der Waals surface area contributed by atoms with Crippen LogP contribution in [0.4, 0.5) is 0 Å². The molecule has 2 heterocycles. The summed E-state index contributed by atoms with van der Waals surface area (Å²) in [7, 11) is 1.70. The first-order valence-corrected chi connectivity index (χ1v) is 5.32. The molecule has 1 unspecified atom stereocenters. The van der Waals surface area contributed by atoms with Gasteiger partial charge in [-0.1, -0.05) is 6.07 Å². The van der Waals surface area contributed by atoms with Gasteiger partial charge in [-0.05, 0) is 19.1 Å². The third-order valence-corrected chi connectivity index (χ3v) is 2.41. The van der Waals surface area contributed by atoms with Crippen molar-refractivity contribution in [2.75, 3.05) is 13.7 Å². The van der Waals surface area contributed by atoms with Crippen LogP contribution < -0.4 is 5.32 Å². The molecule has 0 radical (unpaired) electrons. The second-order valence-corrected chi connectivity index (χ2v) is 3.78. The van der Waals surface area contributed by atoms with Crippen LogP contribution in [0.1, 0.15) is 12.7 Å². The summed E-state index contributed by atoms with van der Waals surface area (Å²) in [4.78, 5) is 0. The van der Waals surface area contributed by atoms with Crippen molar-refractivity contribution in [3.05, 3.63) is 30.2 Å². The van der Waals surface area contributed by atoms with Gasteiger partial charge < -0.3 is 10.1 Å². The second kappa shape index (κ2) is 5.05. The number of nitrogens with zero attached hydrogens (tertiary/aromatic N) is 3. The maximum absolute atomic E-state index is 5.06. The minimum absolute atomic E-state index is 0.307. The van der Waals surface area contributed by atoms with Crippen LogP contribution in [-0.2, 0) is 11.3 Å². The summed E-state index contributed by atoms with van der Waals surface area (Å²) in [6.45, 7) is 3.46. The van der Waals surface area contributed by atoms with Crippen LogP contribution >= 0.6 is 0 Å². The largest absolute Gasteiger partial charge is 0.383 e. The third kappa shape index (κ3) is 2.37. The predicted molar refractivity (Wildman–Crippen MR) is 61.2 cm³/mol. The van der Waals surface area contributed by atoms with Gasteiger partial charge in [0.2, 0.25) is 0 Å². The van der Waals surface area contributed by atoms with E-state index in [2.05, 4.69) is 22.4 Å². The van der Waals surface area contributed by atoms with Gasteiger partial charge in [-0.15, -0.1) is 10.2 Å². The molecule has 0 amide bonds. The van der Waals surface area contributed by atoms with Crippen LogP contribution in [0.2, 0.25) is 0 Å². The number of aromatic nitrogens is 3. The lowest BCUT2D eigenvalue weighted by Crippen LogP contribution is -2.30. The number of hydrogen-bond donors (Lipinski definition) is 1. The van der Waals surface area contributed by atoms with Crippen LogP contribution in [0.3, 0.4) is 0 Å². The van der Waals surface area contributed by atoms with E-state index >= 15 is 0 Å². The van der Waals surface area contributed by atoms with E-state index in [1.54, 1.807) is 7.11 Å². The van der Waals surface area contributed by atoms with Gasteiger partial charge >= 0.3 is 0 Å². The Labute approximate surface area is 94.4 Å². The van der Waals surface area contributed by atoms with Crippen molar-refractivity contribution in [3.8, 4) is 0 Å². The molecule has 0 aliphatic rings. The zero-order valence-corrected chi connectivity index (χ0v) is 9.55. The molecule has 0 fully saturated rings. The number of ether oxygens (including phenoxy) is 1. The number of methoxy groups -OCH3 is 1. The Balaban J connectivity index is 2.04. The Kier molecular flexibility index (Phi) is 3.48. The first-order valence-electron chi connectivity index (χ1n) is 5.32. The Morgan fingerprint density at radius 2 is 2.31 bits per heavy atom. The molecule has 2 aromatic heterocycles. The highest BCUT2D eigenvalue weighted by atomic mass is 16.5. The first-order chi connectivity index (χ1) is 7.81. The van der Waals surface area contributed by atoms with Gasteiger partial charge in [0, 0.05) is 19.3 Å². The van der Waals surface area contributed by atoms with Gasteiger partial charge in [-0.25, -0.2) is 0 Å². The monoisotopic (exact) mass is 220 g/mol. The van der Waals surface area contributed by atoms with Crippen LogP contribution in [-0.4, -0.2) is 34.4 Å². The smallest absolute Gasteiger partial charge is 0.160 e. The SMILES string of the molecule is COCC(C)NCc1nnc2ccccn12. The molecule has 0 saturated carbocycles. The zero-order valence-electron chi connectivity index (χ0n) is 9.55. The quantitative estimate of drug-likeness (QED) is 0.811. The average Bonchev–Trinajstić information content (AvgIpc) is 2.70. The highest BCUT2D eigenvalue weighted by Gasteiger charge is 2.06. The molecule has 1 N–H and O–H groups in total. The summed E-state index contributed by atoms with van der Waals surface area (Å²) in [5.74, 6) is 0.915. The molecule has 0 aliphatic heterocycles. The highest BCUT2D eigenvalue weighted by molar-refractivity contribution is 5.36. The van der Waals surface area contributed by atoms with Gasteiger partial charge in [0.05, 0.1) is 13.2 Å². The van der Waals surface area contributed by atoms with Crippen molar-refractivity contribution in [2.45, 2.75) is 19.5 Å². The molecule has 0 aromatic carbocycles. The summed E-state index contributed by atoms with van der Waals surface area (Å²) in [5, 5.41) is 11.6. The number of nitrogens with one attached hydrogen (secondary N) is 1. The molecule has 0 aliphatic carbocycles. The molecule has 2 rings (SSSR count). The number of pyridine rings is 1. The molecule has 2 aromatic rings. The standard InChI is InChI=1S/C11H16N4O/c1-9(8-16-2)12-7-11-14-13-10-5-3-4-6-15(10)11/h3-6,9,12H,7-8H2,1-2H3. The van der Waals surface area contributed by atoms with Gasteiger partial charge in [0.25, 0.3) is 0 Å². The zero-order chi connectivity index (χ0) is 11.4. The van der Waals surface area contributed by atoms with Crippen LogP contribution in [0, 0.1) is 0 Å². The topological polar surface area (TPSA) is 51.5 Å². The van der Waals surface area contributed by atoms with E-state index in [-0.39, 0.29) is 0 Å². The lowest BCUT2D eigenvalue weighted by molar-refractivity contribution is 0.171. The van der Waals surface area contributed by atoms with Gasteiger partial charge in [0.15, 0.2) is 11.5 Å². The summed E-state index contributed by atoms with van der Waals surface area (Å²) >= 11 is 0. The maximum Gasteiger partial charge on any atom is 0.160 e. The molecule has 0 saturated heterocycles. The minimum Gasteiger partial charge on any atom is -0.383 e. The number of hydrogen-bond acceptors (Lipinski definition) is 4. The highest BCUT2D eigenvalue weighted by Crippen LogP contribution is 2.02. The Hall–Kier alpha value is -1.46. The molecule has 5 nitrogen and oxygen atoms in total. The first kappa shape index (κ1) is 11.0. The van der Waals surface area contributed by atoms with E-state index in [1.807, 2.05) is 28.8 Å². The summed E-state index contributed by atoms with van der Waals surface area (Å²) < 4.78 is 7.03. The van der Waals surface area contributed by atoms with Gasteiger partial charge in [0.1, 0.15) is 0 Å². The van der Waals surface area contributed by atoms with Crippen molar-refractivity contribution in [3.63, 3.8) is 0 Å². The maximum atomic E-state index is 5.06. The van der Waals surface area contributed by atoms with E-state index in [9.17, 15) is 0 Å². The normalized spacial score (nSPS) is 13.1. The third-order valence-electron chi connectivity index (χ3n) is 2.41. The molecular formula is C11H16N4O. The number of fused-ring (bicyclic) bond motifs is 1. The van der Waals surface area contributed by atoms with Crippen molar-refractivity contribution < 1.29 is 4.74 Å². The van der Waals surface area contributed by atoms with Crippen molar-refractivity contribution in [2.24, 2.45) is 0 Å². The average molecular weight is 220 g/mol. The van der Waals surface area contributed by atoms with Crippen molar-refractivity contribution >= 4 is 5.65 Å². The lowest BCUT2D eigenvalue weighted by atomic mass is 10.3. The molecular weight excluding hydrogens is 204 g/mol. The summed E-state index contributed by atoms with van der Waals surface area (Å²) in [5.41, 5.74) is 0.874. The van der Waals surface area contributed by atoms with E-state index in [4.69, 9.17) is 4.74 Å². The Morgan fingerprint density at radius 1 is 1.44 bits per heavy atom. The lowest BCUT2D eigenvalue weighted by Gasteiger charge is -2.11. The van der Waals surface area contributed by atoms with E-state index in [0.29, 0.717) is 19.2 Å². The summed E-state index contributed by atoms with van der Waals surface area (Å²) in [6, 6.07) is 6.17. The molecule has 0 bridgehead atoms. The van der Waals surface area contributed by atoms with E-state index in [0.717, 1.165) is 11.5 Å². The fraction of sp³-hybridized carbons (Fsp3) is 0.455. The molecule has 0 spiro atoms. The van der Waals surface area contributed by atoms with E-state index in [1.165, 1.54) is 0 Å². The van der Waals surface area contributed by atoms with E-state index < -0.39 is 0 Å². The van der Waals surface area contributed by atoms with Crippen LogP contribution in [0.25, 0.3) is 5.65 Å².